The highest BCUT2D eigenvalue weighted by atomic mass is 16.6. The maximum absolute atomic E-state index is 12.8. The summed E-state index contributed by atoms with van der Waals surface area (Å²) in [5.41, 5.74) is -0.180. The van der Waals surface area contributed by atoms with Crippen LogP contribution in [0.2, 0.25) is 0 Å². The Balaban J connectivity index is 2.75. The maximum atomic E-state index is 12.8. The molecule has 1 aromatic rings. The van der Waals surface area contributed by atoms with Crippen molar-refractivity contribution in [2.24, 2.45) is 5.41 Å². The molecular formula is C26H42O5. The van der Waals surface area contributed by atoms with Crippen molar-refractivity contribution in [3.05, 3.63) is 29.8 Å². The van der Waals surface area contributed by atoms with Crippen LogP contribution in [0.25, 0.3) is 0 Å². The fourth-order valence-electron chi connectivity index (χ4n) is 3.64. The minimum atomic E-state index is -1.24. The number of hydrogen-bond acceptors (Lipinski definition) is 5. The minimum Gasteiger partial charge on any atom is -0.494 e. The number of ether oxygens (including phenoxy) is 3. The molecule has 0 spiro atoms. The number of hydrogen-bond donors (Lipinski definition) is 0. The van der Waals surface area contributed by atoms with E-state index < -0.39 is 17.4 Å². The van der Waals surface area contributed by atoms with E-state index >= 15 is 0 Å². The summed E-state index contributed by atoms with van der Waals surface area (Å²) in [6.07, 6.45) is 9.14. The first-order valence-electron chi connectivity index (χ1n) is 12.1. The van der Waals surface area contributed by atoms with Gasteiger partial charge in [0.05, 0.1) is 19.8 Å². The van der Waals surface area contributed by atoms with E-state index in [9.17, 15) is 9.59 Å². The summed E-state index contributed by atoms with van der Waals surface area (Å²) >= 11 is 0. The van der Waals surface area contributed by atoms with Crippen LogP contribution in [0.1, 0.15) is 91.0 Å². The number of rotatable bonds is 17. The fourth-order valence-corrected chi connectivity index (χ4v) is 3.64. The van der Waals surface area contributed by atoms with Crippen molar-refractivity contribution in [3.63, 3.8) is 0 Å². The van der Waals surface area contributed by atoms with Crippen LogP contribution in [-0.2, 0) is 25.5 Å². The molecule has 1 aromatic carbocycles. The van der Waals surface area contributed by atoms with Crippen molar-refractivity contribution in [1.29, 1.82) is 0 Å². The van der Waals surface area contributed by atoms with Gasteiger partial charge < -0.3 is 14.2 Å². The average molecular weight is 435 g/mol. The summed E-state index contributed by atoms with van der Waals surface area (Å²) in [6.45, 7) is 9.00. The van der Waals surface area contributed by atoms with Gasteiger partial charge >= 0.3 is 11.9 Å². The van der Waals surface area contributed by atoms with E-state index in [1.165, 1.54) is 25.7 Å². The van der Waals surface area contributed by atoms with Gasteiger partial charge in [0.25, 0.3) is 0 Å². The standard InChI is InChI=1S/C26H42O5/c1-5-9-11-12-13-21-31-23-16-14-22(15-17-23)18-20-26(19-10-6-2,24(27)29-7-3)25(28)30-8-4/h14-17H,5-13,18-21H2,1-4H3. The van der Waals surface area contributed by atoms with E-state index in [2.05, 4.69) is 6.92 Å². The lowest BCUT2D eigenvalue weighted by atomic mass is 9.77. The Morgan fingerprint density at radius 2 is 1.32 bits per heavy atom. The predicted molar refractivity (Wildman–Crippen MR) is 124 cm³/mol. The van der Waals surface area contributed by atoms with Crippen LogP contribution < -0.4 is 4.74 Å². The van der Waals surface area contributed by atoms with Gasteiger partial charge in [-0.1, -0.05) is 64.5 Å². The maximum Gasteiger partial charge on any atom is 0.323 e. The highest BCUT2D eigenvalue weighted by Gasteiger charge is 2.47. The number of carbonyl (C=O) groups is 2. The van der Waals surface area contributed by atoms with E-state index in [0.29, 0.717) is 19.3 Å². The van der Waals surface area contributed by atoms with Crippen molar-refractivity contribution in [1.82, 2.24) is 0 Å². The average Bonchev–Trinajstić information content (AvgIpc) is 2.77. The number of benzene rings is 1. The molecule has 0 fully saturated rings. The normalized spacial score (nSPS) is 11.2. The zero-order valence-electron chi connectivity index (χ0n) is 20.0. The molecule has 0 aliphatic carbocycles. The summed E-state index contributed by atoms with van der Waals surface area (Å²) in [4.78, 5) is 25.7. The van der Waals surface area contributed by atoms with E-state index in [1.807, 2.05) is 31.2 Å². The molecule has 5 nitrogen and oxygen atoms in total. The molecule has 1 rings (SSSR count). The van der Waals surface area contributed by atoms with E-state index in [-0.39, 0.29) is 13.2 Å². The van der Waals surface area contributed by atoms with E-state index in [1.54, 1.807) is 13.8 Å². The van der Waals surface area contributed by atoms with Crippen molar-refractivity contribution in [2.75, 3.05) is 19.8 Å². The van der Waals surface area contributed by atoms with Crippen LogP contribution in [0.5, 0.6) is 5.75 Å². The number of aryl methyl sites for hydroxylation is 1. The first-order valence-corrected chi connectivity index (χ1v) is 12.1. The highest BCUT2D eigenvalue weighted by molar-refractivity contribution is 6.00. The minimum absolute atomic E-state index is 0.247. The molecule has 0 aliphatic rings. The van der Waals surface area contributed by atoms with Crippen LogP contribution in [0, 0.1) is 5.41 Å². The summed E-state index contributed by atoms with van der Waals surface area (Å²) in [5.74, 6) is -0.0814. The van der Waals surface area contributed by atoms with Gasteiger partial charge in [-0.2, -0.15) is 0 Å². The molecule has 31 heavy (non-hydrogen) atoms. The number of unbranched alkanes of at least 4 members (excludes halogenated alkanes) is 5. The van der Waals surface area contributed by atoms with Crippen LogP contribution >= 0.6 is 0 Å². The lowest BCUT2D eigenvalue weighted by molar-refractivity contribution is -0.173. The molecule has 5 heteroatoms. The van der Waals surface area contributed by atoms with Crippen molar-refractivity contribution >= 4 is 11.9 Å². The second-order valence-corrected chi connectivity index (χ2v) is 8.03. The fraction of sp³-hybridized carbons (Fsp3) is 0.692. The van der Waals surface area contributed by atoms with Gasteiger partial charge in [-0.15, -0.1) is 0 Å². The Hall–Kier alpha value is -2.04. The Kier molecular flexibility index (Phi) is 13.7. The molecule has 0 unspecified atom stereocenters. The molecular weight excluding hydrogens is 392 g/mol. The van der Waals surface area contributed by atoms with Gasteiger partial charge in [0, 0.05) is 0 Å². The lowest BCUT2D eigenvalue weighted by Crippen LogP contribution is -2.42. The molecule has 0 radical (unpaired) electrons. The van der Waals surface area contributed by atoms with Gasteiger partial charge in [-0.05, 0) is 57.2 Å². The van der Waals surface area contributed by atoms with Gasteiger partial charge in [-0.3, -0.25) is 9.59 Å². The molecule has 0 bridgehead atoms. The van der Waals surface area contributed by atoms with Crippen molar-refractivity contribution in [2.45, 2.75) is 91.9 Å². The molecule has 0 saturated carbocycles. The summed E-state index contributed by atoms with van der Waals surface area (Å²) in [7, 11) is 0. The number of esters is 2. The third kappa shape index (κ3) is 9.32. The zero-order chi connectivity index (χ0) is 23.0. The SMILES string of the molecule is CCCCCCCOc1ccc(CCC(CCCC)(C(=O)OCC)C(=O)OCC)cc1. The first-order chi connectivity index (χ1) is 15.0. The zero-order valence-corrected chi connectivity index (χ0v) is 20.0. The smallest absolute Gasteiger partial charge is 0.323 e. The molecule has 0 aliphatic heterocycles. The van der Waals surface area contributed by atoms with Crippen molar-refractivity contribution < 1.29 is 23.8 Å². The second-order valence-electron chi connectivity index (χ2n) is 8.03. The lowest BCUT2D eigenvalue weighted by Gasteiger charge is -2.29. The van der Waals surface area contributed by atoms with Gasteiger partial charge in [0.2, 0.25) is 0 Å². The summed E-state index contributed by atoms with van der Waals surface area (Å²) in [6, 6.07) is 7.94. The molecule has 0 aromatic heterocycles. The van der Waals surface area contributed by atoms with Crippen LogP contribution in [0.15, 0.2) is 24.3 Å². The molecule has 176 valence electrons. The Labute approximate surface area is 188 Å². The predicted octanol–water partition coefficient (Wildman–Crippen LogP) is 6.27. The molecule has 0 amide bonds. The monoisotopic (exact) mass is 434 g/mol. The molecule has 0 heterocycles. The van der Waals surface area contributed by atoms with E-state index in [4.69, 9.17) is 14.2 Å². The number of carbonyl (C=O) groups excluding carboxylic acids is 2. The summed E-state index contributed by atoms with van der Waals surface area (Å²) < 4.78 is 16.4. The summed E-state index contributed by atoms with van der Waals surface area (Å²) in [5, 5.41) is 0. The van der Waals surface area contributed by atoms with Crippen LogP contribution in [0.3, 0.4) is 0 Å². The third-order valence-corrected chi connectivity index (χ3v) is 5.57. The highest BCUT2D eigenvalue weighted by Crippen LogP contribution is 2.34. The van der Waals surface area contributed by atoms with Gasteiger partial charge in [-0.25, -0.2) is 0 Å². The Morgan fingerprint density at radius 1 is 0.742 bits per heavy atom. The van der Waals surface area contributed by atoms with Gasteiger partial charge in [0.1, 0.15) is 5.75 Å². The largest absolute Gasteiger partial charge is 0.494 e. The topological polar surface area (TPSA) is 61.8 Å². The van der Waals surface area contributed by atoms with Crippen LogP contribution in [-0.4, -0.2) is 31.8 Å². The second kappa shape index (κ2) is 15.7. The molecule has 0 N–H and O–H groups in total. The third-order valence-electron chi connectivity index (χ3n) is 5.57. The quantitative estimate of drug-likeness (QED) is 0.164. The van der Waals surface area contributed by atoms with Gasteiger partial charge in [0.15, 0.2) is 5.41 Å². The molecule has 0 saturated heterocycles. The van der Waals surface area contributed by atoms with Crippen LogP contribution in [0.4, 0.5) is 0 Å². The Bertz CT molecular complexity index is 605. The first kappa shape index (κ1) is 27.0. The Morgan fingerprint density at radius 3 is 1.87 bits per heavy atom. The van der Waals surface area contributed by atoms with Crippen molar-refractivity contribution in [3.8, 4) is 5.75 Å². The van der Waals surface area contributed by atoms with E-state index in [0.717, 1.165) is 37.2 Å². The molecule has 0 atom stereocenters.